The monoisotopic (exact) mass is 213 g/mol. The van der Waals surface area contributed by atoms with Gasteiger partial charge in [0.25, 0.3) is 0 Å². The maximum absolute atomic E-state index is 10.6. The van der Waals surface area contributed by atoms with E-state index in [-0.39, 0.29) is 18.7 Å². The number of carbonyl (C=O) groups excluding carboxylic acids is 1. The second kappa shape index (κ2) is 4.82. The number of alkyl halides is 2. The van der Waals surface area contributed by atoms with E-state index < -0.39 is 10.1 Å². The quantitative estimate of drug-likeness (QED) is 0.532. The van der Waals surface area contributed by atoms with E-state index in [1.807, 2.05) is 6.07 Å². The van der Waals surface area contributed by atoms with Crippen LogP contribution in [0.5, 0.6) is 0 Å². The summed E-state index contributed by atoms with van der Waals surface area (Å²) in [5.74, 6) is -0.0709. The first-order chi connectivity index (χ1) is 5.06. The third-order valence-corrected chi connectivity index (χ3v) is 2.74. The van der Waals surface area contributed by atoms with Crippen LogP contribution in [0, 0.1) is 11.3 Å². The standard InChI is InChI=1S/C6H6Cl3NO/c7-4-6(9,5(8)11)2-1-3-10/h1-2,4H2. The number of halogens is 3. The molecule has 0 spiro atoms. The molecule has 0 saturated carbocycles. The van der Waals surface area contributed by atoms with Crippen LogP contribution in [-0.4, -0.2) is 16.0 Å². The Morgan fingerprint density at radius 2 is 2.18 bits per heavy atom. The van der Waals surface area contributed by atoms with Crippen molar-refractivity contribution < 1.29 is 4.79 Å². The zero-order chi connectivity index (χ0) is 8.91. The number of hydrogen-bond donors (Lipinski definition) is 0. The van der Waals surface area contributed by atoms with Gasteiger partial charge in [0.15, 0.2) is 0 Å². The Labute approximate surface area is 80.0 Å². The Morgan fingerprint density at radius 1 is 1.64 bits per heavy atom. The highest BCUT2D eigenvalue weighted by atomic mass is 35.5. The highest BCUT2D eigenvalue weighted by Crippen LogP contribution is 2.26. The van der Waals surface area contributed by atoms with Crippen LogP contribution in [0.1, 0.15) is 12.8 Å². The van der Waals surface area contributed by atoms with Crippen molar-refractivity contribution >= 4 is 40.0 Å². The Morgan fingerprint density at radius 3 is 2.45 bits per heavy atom. The van der Waals surface area contributed by atoms with Crippen molar-refractivity contribution in [3.63, 3.8) is 0 Å². The predicted octanol–water partition coefficient (Wildman–Crippen LogP) is 2.27. The fraction of sp³-hybridized carbons (Fsp3) is 0.667. The number of carbonyl (C=O) groups is 1. The van der Waals surface area contributed by atoms with Gasteiger partial charge in [-0.3, -0.25) is 4.79 Å². The highest BCUT2D eigenvalue weighted by Gasteiger charge is 2.33. The summed E-state index contributed by atoms with van der Waals surface area (Å²) in [6.07, 6.45) is 0.367. The average Bonchev–Trinajstić information content (AvgIpc) is 2.00. The van der Waals surface area contributed by atoms with Crippen LogP contribution < -0.4 is 0 Å². The molecule has 0 fully saturated rings. The van der Waals surface area contributed by atoms with Crippen molar-refractivity contribution in [2.24, 2.45) is 0 Å². The summed E-state index contributed by atoms with van der Waals surface area (Å²) in [5, 5.41) is 7.50. The fourth-order valence-corrected chi connectivity index (χ4v) is 1.05. The first kappa shape index (κ1) is 11.0. The van der Waals surface area contributed by atoms with E-state index in [1.165, 1.54) is 0 Å². The minimum Gasteiger partial charge on any atom is -0.279 e. The molecule has 1 unspecified atom stereocenters. The zero-order valence-electron chi connectivity index (χ0n) is 5.61. The number of nitriles is 1. The average molecular weight is 214 g/mol. The molecule has 1 atom stereocenters. The van der Waals surface area contributed by atoms with Gasteiger partial charge in [-0.15, -0.1) is 23.2 Å². The van der Waals surface area contributed by atoms with Crippen LogP contribution >= 0.6 is 34.8 Å². The van der Waals surface area contributed by atoms with Crippen molar-refractivity contribution in [3.8, 4) is 6.07 Å². The Balaban J connectivity index is 4.13. The largest absolute Gasteiger partial charge is 0.279 e. The molecule has 0 bridgehead atoms. The van der Waals surface area contributed by atoms with E-state index in [0.29, 0.717) is 0 Å². The van der Waals surface area contributed by atoms with Crippen molar-refractivity contribution in [1.82, 2.24) is 0 Å². The molecule has 0 aromatic rings. The molecule has 0 aromatic heterocycles. The number of hydrogen-bond acceptors (Lipinski definition) is 2. The second-order valence-corrected chi connectivity index (χ2v) is 3.36. The number of rotatable bonds is 4. The molecule has 0 rings (SSSR count). The molecule has 0 saturated heterocycles. The minimum atomic E-state index is -1.27. The summed E-state index contributed by atoms with van der Waals surface area (Å²) < 4.78 is 0. The van der Waals surface area contributed by atoms with Crippen molar-refractivity contribution in [1.29, 1.82) is 5.26 Å². The van der Waals surface area contributed by atoms with E-state index in [1.54, 1.807) is 0 Å². The summed E-state index contributed by atoms with van der Waals surface area (Å²) in [6, 6.07) is 1.86. The fourth-order valence-electron chi connectivity index (χ4n) is 0.472. The van der Waals surface area contributed by atoms with E-state index in [9.17, 15) is 4.79 Å². The van der Waals surface area contributed by atoms with Gasteiger partial charge in [-0.1, -0.05) is 0 Å². The molecule has 62 valence electrons. The molecule has 2 nitrogen and oxygen atoms in total. The molecule has 0 amide bonds. The van der Waals surface area contributed by atoms with Crippen molar-refractivity contribution in [3.05, 3.63) is 0 Å². The van der Waals surface area contributed by atoms with Crippen molar-refractivity contribution in [2.45, 2.75) is 17.7 Å². The van der Waals surface area contributed by atoms with Crippen LogP contribution in [0.15, 0.2) is 0 Å². The molecule has 0 aliphatic heterocycles. The topological polar surface area (TPSA) is 40.9 Å². The maximum Gasteiger partial charge on any atom is 0.243 e. The number of nitrogens with zero attached hydrogens (tertiary/aromatic N) is 1. The molecule has 0 aliphatic carbocycles. The van der Waals surface area contributed by atoms with Gasteiger partial charge in [0, 0.05) is 12.3 Å². The first-order valence-electron chi connectivity index (χ1n) is 2.88. The van der Waals surface area contributed by atoms with Gasteiger partial charge >= 0.3 is 0 Å². The maximum atomic E-state index is 10.6. The highest BCUT2D eigenvalue weighted by molar-refractivity contribution is 6.71. The lowest BCUT2D eigenvalue weighted by molar-refractivity contribution is -0.113. The first-order valence-corrected chi connectivity index (χ1v) is 4.17. The smallest absolute Gasteiger partial charge is 0.243 e. The summed E-state index contributed by atoms with van der Waals surface area (Å²) in [7, 11) is 0. The normalized spacial score (nSPS) is 15.1. The van der Waals surface area contributed by atoms with Gasteiger partial charge in [-0.2, -0.15) is 5.26 Å². The minimum absolute atomic E-state index is 0.0709. The lowest BCUT2D eigenvalue weighted by Gasteiger charge is -2.16. The molecular weight excluding hydrogens is 208 g/mol. The van der Waals surface area contributed by atoms with E-state index in [4.69, 9.17) is 40.1 Å². The van der Waals surface area contributed by atoms with Gasteiger partial charge in [-0.05, 0) is 18.0 Å². The molecule has 11 heavy (non-hydrogen) atoms. The van der Waals surface area contributed by atoms with Gasteiger partial charge in [-0.25, -0.2) is 0 Å². The second-order valence-electron chi connectivity index (χ2n) is 2.03. The summed E-state index contributed by atoms with van der Waals surface area (Å²) in [6.45, 7) is 0. The summed E-state index contributed by atoms with van der Waals surface area (Å²) >= 11 is 16.2. The van der Waals surface area contributed by atoms with Crippen LogP contribution in [-0.2, 0) is 4.79 Å². The van der Waals surface area contributed by atoms with E-state index in [2.05, 4.69) is 0 Å². The Kier molecular flexibility index (Phi) is 4.83. The van der Waals surface area contributed by atoms with Gasteiger partial charge in [0.05, 0.1) is 6.07 Å². The molecule has 0 radical (unpaired) electrons. The Hall–Kier alpha value is 0.0300. The molecule has 0 N–H and O–H groups in total. The molecular formula is C6H6Cl3NO. The molecule has 0 heterocycles. The van der Waals surface area contributed by atoms with Gasteiger partial charge in [0.2, 0.25) is 5.24 Å². The Bertz CT molecular complexity index is 189. The van der Waals surface area contributed by atoms with Crippen LogP contribution in [0.3, 0.4) is 0 Å². The molecule has 0 aromatic carbocycles. The SMILES string of the molecule is N#CCCC(Cl)(CCl)C(=O)Cl. The lowest BCUT2D eigenvalue weighted by Crippen LogP contribution is -2.30. The van der Waals surface area contributed by atoms with Gasteiger partial charge in [0.1, 0.15) is 4.87 Å². The van der Waals surface area contributed by atoms with E-state index >= 15 is 0 Å². The zero-order valence-corrected chi connectivity index (χ0v) is 7.88. The molecule has 0 aliphatic rings. The summed E-state index contributed by atoms with van der Waals surface area (Å²) in [5.41, 5.74) is 0. The van der Waals surface area contributed by atoms with Crippen LogP contribution in [0.25, 0.3) is 0 Å². The molecule has 5 heteroatoms. The predicted molar refractivity (Wildman–Crippen MR) is 45.0 cm³/mol. The van der Waals surface area contributed by atoms with Crippen LogP contribution in [0.2, 0.25) is 0 Å². The van der Waals surface area contributed by atoms with Crippen molar-refractivity contribution in [2.75, 3.05) is 5.88 Å². The third kappa shape index (κ3) is 3.29. The van der Waals surface area contributed by atoms with E-state index in [0.717, 1.165) is 0 Å². The third-order valence-electron chi connectivity index (χ3n) is 1.20. The lowest BCUT2D eigenvalue weighted by atomic mass is 10.1. The summed E-state index contributed by atoms with van der Waals surface area (Å²) in [4.78, 5) is 9.38. The van der Waals surface area contributed by atoms with Gasteiger partial charge < -0.3 is 0 Å². The van der Waals surface area contributed by atoms with Crippen LogP contribution in [0.4, 0.5) is 0 Å².